The molecule has 0 aliphatic carbocycles. The van der Waals surface area contributed by atoms with Crippen LogP contribution in [-0.2, 0) is 11.3 Å². The van der Waals surface area contributed by atoms with E-state index in [1.807, 2.05) is 73.7 Å². The van der Waals surface area contributed by atoms with E-state index >= 15 is 0 Å². The van der Waals surface area contributed by atoms with E-state index in [-0.39, 0.29) is 12.1 Å². The quantitative estimate of drug-likeness (QED) is 0.623. The summed E-state index contributed by atoms with van der Waals surface area (Å²) in [5, 5.41) is 6.38. The highest BCUT2D eigenvalue weighted by Gasteiger charge is 2.39. The fraction of sp³-hybridized carbons (Fsp3) is 0.167. The molecule has 0 aromatic heterocycles. The first-order valence-electron chi connectivity index (χ1n) is 9.48. The molecule has 0 spiro atoms. The number of benzene rings is 3. The Bertz CT molecular complexity index is 955. The second-order valence-corrected chi connectivity index (χ2v) is 6.96. The van der Waals surface area contributed by atoms with Crippen molar-refractivity contribution in [2.75, 3.05) is 6.54 Å². The van der Waals surface area contributed by atoms with Gasteiger partial charge < -0.3 is 0 Å². The van der Waals surface area contributed by atoms with Gasteiger partial charge in [0.1, 0.15) is 6.17 Å². The third kappa shape index (κ3) is 3.87. The molecule has 0 bridgehead atoms. The van der Waals surface area contributed by atoms with Gasteiger partial charge in [0.2, 0.25) is 0 Å². The molecule has 3 aromatic carbocycles. The number of carbonyl (C=O) groups excluding carboxylic acids is 1. The molecule has 28 heavy (non-hydrogen) atoms. The zero-order valence-corrected chi connectivity index (χ0v) is 15.9. The molecule has 1 heterocycles. The second-order valence-electron chi connectivity index (χ2n) is 6.96. The van der Waals surface area contributed by atoms with Crippen LogP contribution in [-0.4, -0.2) is 28.1 Å². The standard InChI is InChI=1S/C24H23N3O/c1-19(21-13-7-3-8-14-21)25-27-23(28)18-26(17-20-11-5-2-6-12-20)24(27)22-15-9-4-10-16-22/h2-16,24H,17-18H2,1H3. The number of hydrogen-bond donors (Lipinski definition) is 0. The molecule has 1 atom stereocenters. The van der Waals surface area contributed by atoms with Gasteiger partial charge in [-0.3, -0.25) is 9.69 Å². The Kier molecular flexibility index (Phi) is 5.31. The van der Waals surface area contributed by atoms with Crippen molar-refractivity contribution in [3.05, 3.63) is 108 Å². The lowest BCUT2D eigenvalue weighted by molar-refractivity contribution is -0.128. The van der Waals surface area contributed by atoms with Crippen molar-refractivity contribution in [1.82, 2.24) is 9.91 Å². The minimum Gasteiger partial charge on any atom is -0.271 e. The highest BCUT2D eigenvalue weighted by Crippen LogP contribution is 2.32. The summed E-state index contributed by atoms with van der Waals surface area (Å²) in [6.07, 6.45) is -0.215. The second kappa shape index (κ2) is 8.19. The summed E-state index contributed by atoms with van der Waals surface area (Å²) < 4.78 is 0. The maximum absolute atomic E-state index is 12.9. The van der Waals surface area contributed by atoms with E-state index in [9.17, 15) is 4.79 Å². The summed E-state index contributed by atoms with van der Waals surface area (Å²) >= 11 is 0. The van der Waals surface area contributed by atoms with Crippen LogP contribution in [0.1, 0.15) is 29.8 Å². The fourth-order valence-corrected chi connectivity index (χ4v) is 3.57. The zero-order valence-electron chi connectivity index (χ0n) is 15.9. The molecule has 0 radical (unpaired) electrons. The monoisotopic (exact) mass is 369 g/mol. The van der Waals surface area contributed by atoms with Crippen LogP contribution in [0, 0.1) is 0 Å². The highest BCUT2D eigenvalue weighted by atomic mass is 16.2. The molecule has 1 fully saturated rings. The first-order valence-corrected chi connectivity index (χ1v) is 9.48. The Hall–Kier alpha value is -3.24. The maximum Gasteiger partial charge on any atom is 0.258 e. The molecule has 4 heteroatoms. The van der Waals surface area contributed by atoms with Crippen LogP contribution in [0.15, 0.2) is 96.1 Å². The summed E-state index contributed by atoms with van der Waals surface area (Å²) in [5.41, 5.74) is 4.09. The van der Waals surface area contributed by atoms with Gasteiger partial charge >= 0.3 is 0 Å². The molecule has 1 aliphatic rings. The van der Waals surface area contributed by atoms with Crippen LogP contribution in [0.4, 0.5) is 0 Å². The van der Waals surface area contributed by atoms with E-state index in [0.717, 1.165) is 16.8 Å². The summed E-state index contributed by atoms with van der Waals surface area (Å²) in [5.74, 6) is 0.0139. The van der Waals surface area contributed by atoms with Gasteiger partial charge in [0, 0.05) is 6.54 Å². The molecule has 140 valence electrons. The molecule has 1 amide bonds. The van der Waals surface area contributed by atoms with Gasteiger partial charge in [-0.15, -0.1) is 0 Å². The van der Waals surface area contributed by atoms with E-state index in [4.69, 9.17) is 5.10 Å². The topological polar surface area (TPSA) is 35.9 Å². The van der Waals surface area contributed by atoms with E-state index in [0.29, 0.717) is 13.1 Å². The summed E-state index contributed by atoms with van der Waals surface area (Å²) in [7, 11) is 0. The van der Waals surface area contributed by atoms with E-state index in [2.05, 4.69) is 29.2 Å². The maximum atomic E-state index is 12.9. The lowest BCUT2D eigenvalue weighted by Gasteiger charge is -2.28. The average molecular weight is 369 g/mol. The smallest absolute Gasteiger partial charge is 0.258 e. The van der Waals surface area contributed by atoms with Crippen molar-refractivity contribution in [2.24, 2.45) is 5.10 Å². The Labute approximate surface area is 165 Å². The molecule has 0 saturated carbocycles. The van der Waals surface area contributed by atoms with Crippen molar-refractivity contribution >= 4 is 11.6 Å². The van der Waals surface area contributed by atoms with Gasteiger partial charge in [-0.2, -0.15) is 5.10 Å². The van der Waals surface area contributed by atoms with Crippen LogP contribution in [0.25, 0.3) is 0 Å². The lowest BCUT2D eigenvalue weighted by atomic mass is 10.1. The third-order valence-corrected chi connectivity index (χ3v) is 4.95. The van der Waals surface area contributed by atoms with Crippen LogP contribution in [0.5, 0.6) is 0 Å². The highest BCUT2D eigenvalue weighted by molar-refractivity contribution is 5.99. The summed E-state index contributed by atoms with van der Waals surface area (Å²) in [4.78, 5) is 15.1. The first-order chi connectivity index (χ1) is 13.7. The normalized spacial score (nSPS) is 17.9. The van der Waals surface area contributed by atoms with Gasteiger partial charge in [-0.25, -0.2) is 5.01 Å². The molecule has 4 rings (SSSR count). The van der Waals surface area contributed by atoms with Gasteiger partial charge in [0.25, 0.3) is 5.91 Å². The van der Waals surface area contributed by atoms with Crippen molar-refractivity contribution in [1.29, 1.82) is 0 Å². The van der Waals surface area contributed by atoms with Crippen LogP contribution < -0.4 is 0 Å². The molecule has 0 N–H and O–H groups in total. The summed E-state index contributed by atoms with van der Waals surface area (Å²) in [6, 6.07) is 30.3. The minimum absolute atomic E-state index is 0.0139. The molecule has 1 unspecified atom stereocenters. The van der Waals surface area contributed by atoms with E-state index in [1.54, 1.807) is 5.01 Å². The Morgan fingerprint density at radius 2 is 1.46 bits per heavy atom. The van der Waals surface area contributed by atoms with Crippen molar-refractivity contribution in [2.45, 2.75) is 19.6 Å². The Balaban J connectivity index is 1.69. The van der Waals surface area contributed by atoms with E-state index in [1.165, 1.54) is 5.56 Å². The fourth-order valence-electron chi connectivity index (χ4n) is 3.57. The number of carbonyl (C=O) groups is 1. The SMILES string of the molecule is CC(=NN1C(=O)CN(Cc2ccccc2)C1c1ccccc1)c1ccccc1. The van der Waals surface area contributed by atoms with Gasteiger partial charge in [0.15, 0.2) is 0 Å². The Morgan fingerprint density at radius 3 is 2.11 bits per heavy atom. The molecule has 1 aliphatic heterocycles. The molecule has 3 aromatic rings. The summed E-state index contributed by atoms with van der Waals surface area (Å²) in [6.45, 7) is 2.99. The molecule has 4 nitrogen and oxygen atoms in total. The van der Waals surface area contributed by atoms with Gasteiger partial charge in [0.05, 0.1) is 12.3 Å². The predicted octanol–water partition coefficient (Wildman–Crippen LogP) is 4.45. The predicted molar refractivity (Wildman–Crippen MR) is 112 cm³/mol. The van der Waals surface area contributed by atoms with Crippen molar-refractivity contribution in [3.8, 4) is 0 Å². The first kappa shape index (κ1) is 18.1. The van der Waals surface area contributed by atoms with Crippen LogP contribution in [0.3, 0.4) is 0 Å². The molecule has 1 saturated heterocycles. The largest absolute Gasteiger partial charge is 0.271 e. The van der Waals surface area contributed by atoms with E-state index < -0.39 is 0 Å². The van der Waals surface area contributed by atoms with Gasteiger partial charge in [-0.1, -0.05) is 91.0 Å². The van der Waals surface area contributed by atoms with Gasteiger partial charge in [-0.05, 0) is 23.6 Å². The molecular weight excluding hydrogens is 346 g/mol. The number of amides is 1. The number of hydrazone groups is 1. The zero-order chi connectivity index (χ0) is 19.3. The number of rotatable bonds is 5. The van der Waals surface area contributed by atoms with Crippen molar-refractivity contribution in [3.63, 3.8) is 0 Å². The third-order valence-electron chi connectivity index (χ3n) is 4.95. The van der Waals surface area contributed by atoms with Crippen LogP contribution in [0.2, 0.25) is 0 Å². The molecular formula is C24H23N3O. The number of nitrogens with zero attached hydrogens (tertiary/aromatic N) is 3. The average Bonchev–Trinajstić information content (AvgIpc) is 3.04. The minimum atomic E-state index is -0.215. The lowest BCUT2D eigenvalue weighted by Crippen LogP contribution is -2.29. The Morgan fingerprint density at radius 1 is 0.893 bits per heavy atom. The number of hydrogen-bond acceptors (Lipinski definition) is 3. The van der Waals surface area contributed by atoms with Crippen LogP contribution >= 0.6 is 0 Å². The van der Waals surface area contributed by atoms with Crippen molar-refractivity contribution < 1.29 is 4.79 Å².